The maximum Gasteiger partial charge on any atom is 0.256 e. The zero-order valence-corrected chi connectivity index (χ0v) is 13.4. The van der Waals surface area contributed by atoms with Gasteiger partial charge >= 0.3 is 0 Å². The molecule has 19 heavy (non-hydrogen) atoms. The van der Waals surface area contributed by atoms with E-state index in [1.54, 1.807) is 36.4 Å². The lowest BCUT2D eigenvalue weighted by Gasteiger charge is -2.09. The largest absolute Gasteiger partial charge is 0.321 e. The fraction of sp³-hybridized carbons (Fsp3) is 0. The highest BCUT2D eigenvalue weighted by molar-refractivity contribution is 9.10. The topological polar surface area (TPSA) is 29.1 Å². The summed E-state index contributed by atoms with van der Waals surface area (Å²) in [5.74, 6) is -0.276. The second-order valence-electron chi connectivity index (χ2n) is 3.74. The van der Waals surface area contributed by atoms with Crippen LogP contribution in [0.15, 0.2) is 45.8 Å². The first-order valence-electron chi connectivity index (χ1n) is 5.22. The number of carbonyl (C=O) groups is 1. The Bertz CT molecular complexity index is 649. The molecule has 2 aromatic carbocycles. The Morgan fingerprint density at radius 2 is 1.89 bits per heavy atom. The van der Waals surface area contributed by atoms with Gasteiger partial charge in [0.2, 0.25) is 0 Å². The first-order chi connectivity index (χ1) is 8.97. The van der Waals surface area contributed by atoms with Crippen LogP contribution in [-0.4, -0.2) is 5.91 Å². The predicted molar refractivity (Wildman–Crippen MR) is 85.8 cm³/mol. The molecule has 0 fully saturated rings. The van der Waals surface area contributed by atoms with Crippen molar-refractivity contribution in [1.29, 1.82) is 0 Å². The number of benzene rings is 2. The van der Waals surface area contributed by atoms with E-state index >= 15 is 0 Å². The van der Waals surface area contributed by atoms with E-state index < -0.39 is 0 Å². The predicted octanol–water partition coefficient (Wildman–Crippen LogP) is 5.30. The fourth-order valence-corrected chi connectivity index (χ4v) is 2.79. The van der Waals surface area contributed by atoms with Gasteiger partial charge in [0.05, 0.1) is 16.3 Å². The summed E-state index contributed by atoms with van der Waals surface area (Å²) < 4.78 is 0.860. The zero-order chi connectivity index (χ0) is 14.0. The minimum Gasteiger partial charge on any atom is -0.321 e. The average Bonchev–Trinajstić information content (AvgIpc) is 2.32. The molecule has 1 N–H and O–H groups in total. The smallest absolute Gasteiger partial charge is 0.256 e. The van der Waals surface area contributed by atoms with Crippen LogP contribution in [-0.2, 0) is 0 Å². The highest BCUT2D eigenvalue weighted by Crippen LogP contribution is 2.27. The number of carbonyl (C=O) groups excluding carboxylic acids is 1. The number of thiol groups is 1. The quantitative estimate of drug-likeness (QED) is 0.684. The summed E-state index contributed by atoms with van der Waals surface area (Å²) in [6, 6.07) is 10.1. The maximum atomic E-state index is 12.1. The lowest BCUT2D eigenvalue weighted by molar-refractivity contribution is 0.102. The molecule has 0 aromatic heterocycles. The number of anilines is 1. The van der Waals surface area contributed by atoms with Crippen molar-refractivity contribution in [2.24, 2.45) is 0 Å². The van der Waals surface area contributed by atoms with Crippen LogP contribution in [0.1, 0.15) is 10.4 Å². The van der Waals surface area contributed by atoms with Crippen LogP contribution >= 0.6 is 51.8 Å². The SMILES string of the molecule is O=C(Nc1ccc(Cl)cc1Cl)c1ccc(Br)cc1S. The highest BCUT2D eigenvalue weighted by atomic mass is 79.9. The van der Waals surface area contributed by atoms with Gasteiger partial charge in [0.25, 0.3) is 5.91 Å². The van der Waals surface area contributed by atoms with Crippen LogP contribution in [0.3, 0.4) is 0 Å². The number of hydrogen-bond acceptors (Lipinski definition) is 2. The first-order valence-corrected chi connectivity index (χ1v) is 7.22. The van der Waals surface area contributed by atoms with E-state index in [2.05, 4.69) is 33.9 Å². The van der Waals surface area contributed by atoms with E-state index in [0.717, 1.165) is 4.47 Å². The van der Waals surface area contributed by atoms with Crippen LogP contribution in [0.4, 0.5) is 5.69 Å². The molecule has 0 saturated carbocycles. The number of nitrogens with one attached hydrogen (secondary N) is 1. The molecular formula is C13H8BrCl2NOS. The molecule has 0 bridgehead atoms. The molecule has 0 saturated heterocycles. The summed E-state index contributed by atoms with van der Waals surface area (Å²) in [6.45, 7) is 0. The van der Waals surface area contributed by atoms with Crippen molar-refractivity contribution in [2.75, 3.05) is 5.32 Å². The number of halogens is 3. The van der Waals surface area contributed by atoms with Gasteiger partial charge in [0, 0.05) is 14.4 Å². The Kier molecular flexibility index (Phi) is 4.79. The molecule has 0 atom stereocenters. The van der Waals surface area contributed by atoms with Gasteiger partial charge in [0.15, 0.2) is 0 Å². The minimum absolute atomic E-state index is 0.276. The molecule has 0 aliphatic heterocycles. The van der Waals surface area contributed by atoms with Gasteiger partial charge in [-0.1, -0.05) is 39.1 Å². The standard InChI is InChI=1S/C13H8BrCl2NOS/c14-7-1-3-9(12(19)5-7)13(18)17-11-4-2-8(15)6-10(11)16/h1-6,19H,(H,17,18). The van der Waals surface area contributed by atoms with Crippen LogP contribution in [0, 0.1) is 0 Å². The number of hydrogen-bond donors (Lipinski definition) is 2. The fourth-order valence-electron chi connectivity index (χ4n) is 1.48. The normalized spacial score (nSPS) is 10.3. The summed E-state index contributed by atoms with van der Waals surface area (Å²) in [6.07, 6.45) is 0. The van der Waals surface area contributed by atoms with E-state index in [4.69, 9.17) is 23.2 Å². The molecule has 0 heterocycles. The van der Waals surface area contributed by atoms with Crippen LogP contribution < -0.4 is 5.32 Å². The molecule has 0 aliphatic rings. The van der Waals surface area contributed by atoms with E-state index in [1.165, 1.54) is 0 Å². The van der Waals surface area contributed by atoms with E-state index in [-0.39, 0.29) is 5.91 Å². The van der Waals surface area contributed by atoms with Gasteiger partial charge in [-0.05, 0) is 36.4 Å². The maximum absolute atomic E-state index is 12.1. The van der Waals surface area contributed by atoms with E-state index in [1.807, 2.05) is 0 Å². The summed E-state index contributed by atoms with van der Waals surface area (Å²) in [5.41, 5.74) is 0.976. The van der Waals surface area contributed by atoms with Crippen LogP contribution in [0.25, 0.3) is 0 Å². The summed E-state index contributed by atoms with van der Waals surface area (Å²) in [4.78, 5) is 12.7. The number of amides is 1. The molecule has 0 aliphatic carbocycles. The third-order valence-electron chi connectivity index (χ3n) is 2.38. The first kappa shape index (κ1) is 14.7. The lowest BCUT2D eigenvalue weighted by atomic mass is 10.2. The Morgan fingerprint density at radius 3 is 2.53 bits per heavy atom. The second kappa shape index (κ2) is 6.18. The zero-order valence-electron chi connectivity index (χ0n) is 9.45. The molecular weight excluding hydrogens is 369 g/mol. The Labute approximate surface area is 134 Å². The molecule has 6 heteroatoms. The third kappa shape index (κ3) is 3.66. The molecule has 2 aromatic rings. The van der Waals surface area contributed by atoms with Crippen LogP contribution in [0.5, 0.6) is 0 Å². The van der Waals surface area contributed by atoms with Crippen molar-refractivity contribution in [3.8, 4) is 0 Å². The van der Waals surface area contributed by atoms with Crippen LogP contribution in [0.2, 0.25) is 10.0 Å². The summed E-state index contributed by atoms with van der Waals surface area (Å²) in [5, 5.41) is 3.62. The monoisotopic (exact) mass is 375 g/mol. The van der Waals surface area contributed by atoms with Gasteiger partial charge in [-0.15, -0.1) is 12.6 Å². The molecule has 0 radical (unpaired) electrons. The van der Waals surface area contributed by atoms with Gasteiger partial charge in [-0.25, -0.2) is 0 Å². The molecule has 2 rings (SSSR count). The second-order valence-corrected chi connectivity index (χ2v) is 5.98. The molecule has 1 amide bonds. The molecule has 98 valence electrons. The van der Waals surface area contributed by atoms with E-state index in [9.17, 15) is 4.79 Å². The Hall–Kier alpha value is -0.680. The third-order valence-corrected chi connectivity index (χ3v) is 3.79. The van der Waals surface area contributed by atoms with Gasteiger partial charge in [0.1, 0.15) is 0 Å². The van der Waals surface area contributed by atoms with Gasteiger partial charge in [-0.2, -0.15) is 0 Å². The van der Waals surface area contributed by atoms with Gasteiger partial charge in [-0.3, -0.25) is 4.79 Å². The molecule has 2 nitrogen and oxygen atoms in total. The van der Waals surface area contributed by atoms with Crippen molar-refractivity contribution in [3.05, 3.63) is 56.5 Å². The van der Waals surface area contributed by atoms with Crippen molar-refractivity contribution in [2.45, 2.75) is 4.90 Å². The van der Waals surface area contributed by atoms with Crippen molar-refractivity contribution < 1.29 is 4.79 Å². The molecule has 0 unspecified atom stereocenters. The summed E-state index contributed by atoms with van der Waals surface area (Å²) >= 11 is 19.4. The Morgan fingerprint density at radius 1 is 1.16 bits per heavy atom. The van der Waals surface area contributed by atoms with Crippen molar-refractivity contribution >= 4 is 63.4 Å². The summed E-state index contributed by atoms with van der Waals surface area (Å²) in [7, 11) is 0. The number of rotatable bonds is 2. The Balaban J connectivity index is 2.25. The van der Waals surface area contributed by atoms with E-state index in [0.29, 0.717) is 26.2 Å². The molecule has 0 spiro atoms. The van der Waals surface area contributed by atoms with Crippen molar-refractivity contribution in [1.82, 2.24) is 0 Å². The lowest BCUT2D eigenvalue weighted by Crippen LogP contribution is -2.12. The van der Waals surface area contributed by atoms with Crippen molar-refractivity contribution in [3.63, 3.8) is 0 Å². The average molecular weight is 377 g/mol. The minimum atomic E-state index is -0.276. The highest BCUT2D eigenvalue weighted by Gasteiger charge is 2.11. The van der Waals surface area contributed by atoms with Gasteiger partial charge < -0.3 is 5.32 Å².